The van der Waals surface area contributed by atoms with Crippen molar-refractivity contribution in [2.24, 2.45) is 11.3 Å². The van der Waals surface area contributed by atoms with E-state index in [9.17, 15) is 9.90 Å². The summed E-state index contributed by atoms with van der Waals surface area (Å²) in [6.45, 7) is 9.11. The number of carbonyl (C=O) groups is 1. The molecule has 1 heterocycles. The van der Waals surface area contributed by atoms with Crippen molar-refractivity contribution in [3.8, 4) is 0 Å². The molecule has 0 aromatic heterocycles. The highest BCUT2D eigenvalue weighted by molar-refractivity contribution is 5.65. The van der Waals surface area contributed by atoms with Crippen LogP contribution in [0.3, 0.4) is 0 Å². The highest BCUT2D eigenvalue weighted by atomic mass is 16.5. The molecule has 0 bridgehead atoms. The highest BCUT2D eigenvalue weighted by Crippen LogP contribution is 2.45. The zero-order chi connectivity index (χ0) is 13.1. The van der Waals surface area contributed by atoms with Crippen molar-refractivity contribution in [3.63, 3.8) is 0 Å². The zero-order valence-corrected chi connectivity index (χ0v) is 11.5. The van der Waals surface area contributed by atoms with Crippen molar-refractivity contribution in [1.29, 1.82) is 0 Å². The van der Waals surface area contributed by atoms with Crippen LogP contribution in [-0.2, 0) is 9.53 Å². The molecule has 1 fully saturated rings. The van der Waals surface area contributed by atoms with Gasteiger partial charge in [-0.25, -0.2) is 0 Å². The Hall–Kier alpha value is -0.570. The number of carboxylic acid groups (broad SMARTS) is 1. The smallest absolute Gasteiger partial charge is 0.0631 e. The van der Waals surface area contributed by atoms with Gasteiger partial charge in [-0.15, -0.1) is 0 Å². The zero-order valence-electron chi connectivity index (χ0n) is 11.5. The summed E-state index contributed by atoms with van der Waals surface area (Å²) in [7, 11) is 0. The van der Waals surface area contributed by atoms with Crippen LogP contribution >= 0.6 is 0 Å². The molecule has 0 spiro atoms. The van der Waals surface area contributed by atoms with Gasteiger partial charge in [0.1, 0.15) is 0 Å². The first-order valence-electron chi connectivity index (χ1n) is 6.59. The van der Waals surface area contributed by atoms with Crippen molar-refractivity contribution in [2.45, 2.75) is 65.4 Å². The Kier molecular flexibility index (Phi) is 4.59. The second-order valence-corrected chi connectivity index (χ2v) is 6.52. The minimum Gasteiger partial charge on any atom is -0.550 e. The van der Waals surface area contributed by atoms with Crippen LogP contribution in [0.4, 0.5) is 0 Å². The third kappa shape index (κ3) is 4.66. The third-order valence-electron chi connectivity index (χ3n) is 3.70. The van der Waals surface area contributed by atoms with Gasteiger partial charge in [-0.3, -0.25) is 0 Å². The lowest BCUT2D eigenvalue weighted by atomic mass is 9.68. The monoisotopic (exact) mass is 241 g/mol. The third-order valence-corrected chi connectivity index (χ3v) is 3.70. The summed E-state index contributed by atoms with van der Waals surface area (Å²) in [5.74, 6) is -0.314. The molecule has 0 unspecified atom stereocenters. The number of aliphatic carboxylic acids is 1. The number of ether oxygens (including phenoxy) is 1. The van der Waals surface area contributed by atoms with Gasteiger partial charge in [-0.2, -0.15) is 0 Å². The van der Waals surface area contributed by atoms with Gasteiger partial charge in [-0.1, -0.05) is 20.3 Å². The fraction of sp³-hybridized carbons (Fsp3) is 0.929. The molecular weight excluding hydrogens is 216 g/mol. The summed E-state index contributed by atoms with van der Waals surface area (Å²) in [6.07, 6.45) is 3.87. The van der Waals surface area contributed by atoms with Crippen LogP contribution < -0.4 is 5.11 Å². The first-order chi connectivity index (χ1) is 7.75. The van der Waals surface area contributed by atoms with Gasteiger partial charge in [0.15, 0.2) is 0 Å². The minimum atomic E-state index is -0.925. The van der Waals surface area contributed by atoms with Crippen LogP contribution in [0.1, 0.15) is 59.8 Å². The maximum atomic E-state index is 11.0. The second kappa shape index (κ2) is 5.38. The molecular formula is C14H25O3-. The fourth-order valence-electron chi connectivity index (χ4n) is 2.94. The van der Waals surface area contributed by atoms with Gasteiger partial charge >= 0.3 is 0 Å². The van der Waals surface area contributed by atoms with Gasteiger partial charge in [0, 0.05) is 12.6 Å². The Morgan fingerprint density at radius 1 is 1.41 bits per heavy atom. The SMILES string of the molecule is CC(C)CC[C@]1(CC(=O)[O-])CCOC(C)(C)C1. The molecule has 1 rings (SSSR count). The molecule has 0 saturated carbocycles. The maximum absolute atomic E-state index is 11.0. The molecule has 0 amide bonds. The average molecular weight is 241 g/mol. The lowest BCUT2D eigenvalue weighted by Gasteiger charge is -2.45. The molecule has 1 aliphatic rings. The van der Waals surface area contributed by atoms with Gasteiger partial charge in [0.05, 0.1) is 5.60 Å². The number of hydrogen-bond donors (Lipinski definition) is 0. The first-order valence-corrected chi connectivity index (χ1v) is 6.59. The van der Waals surface area contributed by atoms with Crippen LogP contribution in [0.15, 0.2) is 0 Å². The molecule has 100 valence electrons. The molecule has 3 heteroatoms. The Balaban J connectivity index is 2.74. The van der Waals surface area contributed by atoms with Crippen LogP contribution in [0.2, 0.25) is 0 Å². The van der Waals surface area contributed by atoms with Crippen LogP contribution in [0.5, 0.6) is 0 Å². The van der Waals surface area contributed by atoms with E-state index in [0.29, 0.717) is 12.5 Å². The van der Waals surface area contributed by atoms with Crippen LogP contribution in [0.25, 0.3) is 0 Å². The van der Waals surface area contributed by atoms with Crippen LogP contribution in [0, 0.1) is 11.3 Å². The van der Waals surface area contributed by atoms with Crippen molar-refractivity contribution in [3.05, 3.63) is 0 Å². The van der Waals surface area contributed by atoms with E-state index < -0.39 is 5.97 Å². The highest BCUT2D eigenvalue weighted by Gasteiger charge is 2.40. The van der Waals surface area contributed by atoms with E-state index in [1.54, 1.807) is 0 Å². The number of rotatable bonds is 5. The first kappa shape index (κ1) is 14.5. The fourth-order valence-corrected chi connectivity index (χ4v) is 2.94. The number of hydrogen-bond acceptors (Lipinski definition) is 3. The standard InChI is InChI=1S/C14H26O3/c1-11(2)5-6-14(9-12(15)16)7-8-17-13(3,4)10-14/h11H,5-10H2,1-4H3,(H,15,16)/p-1/t14-/m1/s1. The predicted molar refractivity (Wildman–Crippen MR) is 65.4 cm³/mol. The molecule has 17 heavy (non-hydrogen) atoms. The van der Waals surface area contributed by atoms with E-state index in [0.717, 1.165) is 25.7 Å². The molecule has 1 atom stereocenters. The Morgan fingerprint density at radius 3 is 2.53 bits per heavy atom. The number of carbonyl (C=O) groups excluding carboxylic acids is 1. The summed E-state index contributed by atoms with van der Waals surface area (Å²) in [4.78, 5) is 11.0. The number of carboxylic acids is 1. The molecule has 3 nitrogen and oxygen atoms in total. The van der Waals surface area contributed by atoms with Crippen molar-refractivity contribution >= 4 is 5.97 Å². The predicted octanol–water partition coefficient (Wildman–Crippen LogP) is 2.14. The maximum Gasteiger partial charge on any atom is 0.0631 e. The molecule has 0 aromatic rings. The quantitative estimate of drug-likeness (QED) is 0.741. The summed E-state index contributed by atoms with van der Waals surface area (Å²) < 4.78 is 5.70. The summed E-state index contributed by atoms with van der Waals surface area (Å²) in [5, 5.41) is 11.0. The Morgan fingerprint density at radius 2 is 2.06 bits per heavy atom. The van der Waals surface area contributed by atoms with Crippen molar-refractivity contribution < 1.29 is 14.6 Å². The lowest BCUT2D eigenvalue weighted by Crippen LogP contribution is -2.44. The van der Waals surface area contributed by atoms with Gasteiger partial charge in [0.25, 0.3) is 0 Å². The summed E-state index contributed by atoms with van der Waals surface area (Å²) in [6, 6.07) is 0. The molecule has 0 aliphatic carbocycles. The molecule has 1 aliphatic heterocycles. The van der Waals surface area contributed by atoms with E-state index in [1.165, 1.54) is 0 Å². The minimum absolute atomic E-state index is 0.120. The van der Waals surface area contributed by atoms with E-state index in [-0.39, 0.29) is 17.4 Å². The van der Waals surface area contributed by atoms with Crippen molar-refractivity contribution in [2.75, 3.05) is 6.61 Å². The van der Waals surface area contributed by atoms with Crippen molar-refractivity contribution in [1.82, 2.24) is 0 Å². The van der Waals surface area contributed by atoms with Gasteiger partial charge < -0.3 is 14.6 Å². The van der Waals surface area contributed by atoms with E-state index in [1.807, 2.05) is 13.8 Å². The van der Waals surface area contributed by atoms with Crippen LogP contribution in [-0.4, -0.2) is 18.2 Å². The molecule has 0 aromatic carbocycles. The average Bonchev–Trinajstić information content (AvgIpc) is 2.12. The molecule has 0 radical (unpaired) electrons. The summed E-state index contributed by atoms with van der Waals surface area (Å²) in [5.41, 5.74) is -0.324. The molecule has 1 saturated heterocycles. The van der Waals surface area contributed by atoms with E-state index >= 15 is 0 Å². The van der Waals surface area contributed by atoms with Gasteiger partial charge in [0.2, 0.25) is 0 Å². The van der Waals surface area contributed by atoms with E-state index in [4.69, 9.17) is 4.74 Å². The lowest BCUT2D eigenvalue weighted by molar-refractivity contribution is -0.309. The Labute approximate surface area is 105 Å². The summed E-state index contributed by atoms with van der Waals surface area (Å²) >= 11 is 0. The normalized spacial score (nSPS) is 28.3. The Bertz CT molecular complexity index is 271. The second-order valence-electron chi connectivity index (χ2n) is 6.52. The molecule has 0 N–H and O–H groups in total. The van der Waals surface area contributed by atoms with Gasteiger partial charge in [-0.05, 0) is 50.9 Å². The topological polar surface area (TPSA) is 49.4 Å². The largest absolute Gasteiger partial charge is 0.550 e. The van der Waals surface area contributed by atoms with E-state index in [2.05, 4.69) is 13.8 Å².